The van der Waals surface area contributed by atoms with Crippen LogP contribution < -0.4 is 14.8 Å². The first-order chi connectivity index (χ1) is 13.4. The molecule has 3 aromatic rings. The molecule has 0 saturated heterocycles. The summed E-state index contributed by atoms with van der Waals surface area (Å²) in [6.45, 7) is 5.84. The van der Waals surface area contributed by atoms with Crippen LogP contribution in [-0.2, 0) is 0 Å². The van der Waals surface area contributed by atoms with Crippen molar-refractivity contribution in [2.24, 2.45) is 0 Å². The molecule has 3 rings (SSSR count). The number of hydrogen-bond donors (Lipinski definition) is 1. The number of ether oxygens (including phenoxy) is 2. The van der Waals surface area contributed by atoms with Crippen LogP contribution in [0.3, 0.4) is 0 Å². The minimum atomic E-state index is -0.308. The molecule has 0 fully saturated rings. The fourth-order valence-electron chi connectivity index (χ4n) is 2.60. The fourth-order valence-corrected chi connectivity index (χ4v) is 2.60. The minimum absolute atomic E-state index is 0.131. The molecule has 0 bridgehead atoms. The molecule has 0 aliphatic rings. The number of para-hydroxylation sites is 2. The lowest BCUT2D eigenvalue weighted by Crippen LogP contribution is -2.40. The monoisotopic (exact) mass is 377 g/mol. The topological polar surface area (TPSA) is 73.3 Å². The maximum Gasteiger partial charge on any atom is 0.251 e. The number of hydrogen-bond acceptors (Lipinski definition) is 5. The van der Waals surface area contributed by atoms with Gasteiger partial charge in [0.2, 0.25) is 5.88 Å². The molecule has 144 valence electrons. The van der Waals surface area contributed by atoms with Crippen LogP contribution in [0.1, 0.15) is 31.1 Å². The number of carbonyl (C=O) groups is 1. The highest BCUT2D eigenvalue weighted by molar-refractivity contribution is 5.95. The Hall–Kier alpha value is -3.41. The second kappa shape index (κ2) is 8.08. The van der Waals surface area contributed by atoms with Gasteiger partial charge in [0.25, 0.3) is 5.91 Å². The van der Waals surface area contributed by atoms with Crippen molar-refractivity contribution in [3.8, 4) is 28.6 Å². The zero-order chi connectivity index (χ0) is 20.1. The molecule has 1 aromatic heterocycles. The van der Waals surface area contributed by atoms with E-state index in [2.05, 4.69) is 15.3 Å². The van der Waals surface area contributed by atoms with Crippen LogP contribution in [0.2, 0.25) is 0 Å². The summed E-state index contributed by atoms with van der Waals surface area (Å²) in [5, 5.41) is 2.96. The quantitative estimate of drug-likeness (QED) is 0.710. The van der Waals surface area contributed by atoms with E-state index < -0.39 is 0 Å². The Bertz CT molecular complexity index is 981. The lowest BCUT2D eigenvalue weighted by molar-refractivity contribution is 0.0919. The fraction of sp³-hybridized carbons (Fsp3) is 0.227. The number of nitrogens with one attached hydrogen (secondary N) is 1. The van der Waals surface area contributed by atoms with Crippen molar-refractivity contribution in [1.82, 2.24) is 15.3 Å². The van der Waals surface area contributed by atoms with Crippen molar-refractivity contribution in [3.63, 3.8) is 0 Å². The average Bonchev–Trinajstić information content (AvgIpc) is 2.67. The van der Waals surface area contributed by atoms with Gasteiger partial charge in [0, 0.05) is 22.7 Å². The molecule has 0 spiro atoms. The molecule has 0 radical (unpaired) electrons. The van der Waals surface area contributed by atoms with E-state index in [9.17, 15) is 4.79 Å². The molecule has 1 N–H and O–H groups in total. The van der Waals surface area contributed by atoms with Crippen LogP contribution in [0.25, 0.3) is 11.3 Å². The summed E-state index contributed by atoms with van der Waals surface area (Å²) in [5.41, 5.74) is 1.72. The van der Waals surface area contributed by atoms with Crippen LogP contribution in [-0.4, -0.2) is 28.5 Å². The third-order valence-electron chi connectivity index (χ3n) is 3.83. The summed E-state index contributed by atoms with van der Waals surface area (Å²) >= 11 is 0. The van der Waals surface area contributed by atoms with E-state index >= 15 is 0 Å². The molecule has 0 aliphatic carbocycles. The Labute approximate surface area is 164 Å². The summed E-state index contributed by atoms with van der Waals surface area (Å²) in [4.78, 5) is 20.9. The largest absolute Gasteiger partial charge is 0.493 e. The number of benzene rings is 2. The zero-order valence-corrected chi connectivity index (χ0v) is 16.4. The van der Waals surface area contributed by atoms with E-state index in [1.807, 2.05) is 51.1 Å². The summed E-state index contributed by atoms with van der Waals surface area (Å²) in [6.07, 6.45) is 1.43. The van der Waals surface area contributed by atoms with E-state index in [0.29, 0.717) is 28.6 Å². The molecular weight excluding hydrogens is 354 g/mol. The van der Waals surface area contributed by atoms with E-state index in [1.54, 1.807) is 31.4 Å². The van der Waals surface area contributed by atoms with Crippen LogP contribution >= 0.6 is 0 Å². The molecule has 0 unspecified atom stereocenters. The first-order valence-corrected chi connectivity index (χ1v) is 8.91. The number of aromatic nitrogens is 2. The first-order valence-electron chi connectivity index (χ1n) is 8.91. The molecule has 0 saturated carbocycles. The summed E-state index contributed by atoms with van der Waals surface area (Å²) in [6, 6.07) is 16.4. The van der Waals surface area contributed by atoms with Gasteiger partial charge >= 0.3 is 0 Å². The number of methoxy groups -OCH3 is 1. The van der Waals surface area contributed by atoms with Gasteiger partial charge in [-0.2, -0.15) is 0 Å². The summed E-state index contributed by atoms with van der Waals surface area (Å²) in [5.74, 6) is 1.43. The van der Waals surface area contributed by atoms with Gasteiger partial charge < -0.3 is 14.8 Å². The number of amides is 1. The third-order valence-corrected chi connectivity index (χ3v) is 3.83. The highest BCUT2D eigenvalue weighted by Gasteiger charge is 2.16. The smallest absolute Gasteiger partial charge is 0.251 e. The minimum Gasteiger partial charge on any atom is -0.493 e. The van der Waals surface area contributed by atoms with Gasteiger partial charge in [-0.25, -0.2) is 9.97 Å². The second-order valence-corrected chi connectivity index (χ2v) is 7.28. The van der Waals surface area contributed by atoms with E-state index in [4.69, 9.17) is 9.47 Å². The van der Waals surface area contributed by atoms with Gasteiger partial charge in [0.15, 0.2) is 11.5 Å². The summed E-state index contributed by atoms with van der Waals surface area (Å²) < 4.78 is 11.2. The summed E-state index contributed by atoms with van der Waals surface area (Å²) in [7, 11) is 1.59. The van der Waals surface area contributed by atoms with E-state index in [1.165, 1.54) is 6.33 Å². The first kappa shape index (κ1) is 19.4. The van der Waals surface area contributed by atoms with E-state index in [0.717, 1.165) is 5.56 Å². The average molecular weight is 377 g/mol. The van der Waals surface area contributed by atoms with E-state index in [-0.39, 0.29) is 11.4 Å². The van der Waals surface area contributed by atoms with Crippen molar-refractivity contribution in [1.29, 1.82) is 0 Å². The van der Waals surface area contributed by atoms with Gasteiger partial charge in [0.05, 0.1) is 12.8 Å². The van der Waals surface area contributed by atoms with Crippen molar-refractivity contribution in [3.05, 3.63) is 66.5 Å². The second-order valence-electron chi connectivity index (χ2n) is 7.28. The number of carbonyl (C=O) groups excluding carboxylic acids is 1. The van der Waals surface area contributed by atoms with Crippen molar-refractivity contribution < 1.29 is 14.3 Å². The Balaban J connectivity index is 1.86. The molecule has 1 amide bonds. The normalized spacial score (nSPS) is 11.0. The van der Waals surface area contributed by atoms with Crippen LogP contribution in [0.15, 0.2) is 60.9 Å². The maximum atomic E-state index is 12.4. The number of rotatable bonds is 5. The standard InChI is InChI=1S/C22H23N3O3/c1-22(2,3)25-21(26)16-9-7-8-15(12-16)17-13-20(24-14-23-17)28-19-11-6-5-10-18(19)27-4/h5-14H,1-4H3,(H,25,26). The van der Waals surface area contributed by atoms with Crippen molar-refractivity contribution in [2.45, 2.75) is 26.3 Å². The molecule has 2 aromatic carbocycles. The molecular formula is C22H23N3O3. The van der Waals surface area contributed by atoms with Crippen molar-refractivity contribution in [2.75, 3.05) is 7.11 Å². The predicted octanol–water partition coefficient (Wildman–Crippen LogP) is 4.47. The molecule has 6 heteroatoms. The van der Waals surface area contributed by atoms with Gasteiger partial charge in [-0.15, -0.1) is 0 Å². The third kappa shape index (κ3) is 4.85. The van der Waals surface area contributed by atoms with Gasteiger partial charge in [-0.3, -0.25) is 4.79 Å². The number of nitrogens with zero attached hydrogens (tertiary/aromatic N) is 2. The van der Waals surface area contributed by atoms with Crippen molar-refractivity contribution >= 4 is 5.91 Å². The highest BCUT2D eigenvalue weighted by Crippen LogP contribution is 2.31. The Morgan fingerprint density at radius 2 is 1.71 bits per heavy atom. The Kier molecular flexibility index (Phi) is 5.59. The lowest BCUT2D eigenvalue weighted by Gasteiger charge is -2.20. The van der Waals surface area contributed by atoms with Crippen LogP contribution in [0.4, 0.5) is 0 Å². The molecule has 1 heterocycles. The van der Waals surface area contributed by atoms with Gasteiger partial charge in [0.1, 0.15) is 6.33 Å². The Morgan fingerprint density at radius 1 is 0.964 bits per heavy atom. The van der Waals surface area contributed by atoms with Crippen LogP contribution in [0.5, 0.6) is 17.4 Å². The molecule has 28 heavy (non-hydrogen) atoms. The van der Waals surface area contributed by atoms with Gasteiger partial charge in [-0.1, -0.05) is 24.3 Å². The van der Waals surface area contributed by atoms with Crippen LogP contribution in [0, 0.1) is 0 Å². The predicted molar refractivity (Wildman–Crippen MR) is 108 cm³/mol. The highest BCUT2D eigenvalue weighted by atomic mass is 16.5. The van der Waals surface area contributed by atoms with Gasteiger partial charge in [-0.05, 0) is 45.0 Å². The molecule has 0 atom stereocenters. The lowest BCUT2D eigenvalue weighted by atomic mass is 10.0. The Morgan fingerprint density at radius 3 is 2.43 bits per heavy atom. The zero-order valence-electron chi connectivity index (χ0n) is 16.4. The molecule has 0 aliphatic heterocycles. The SMILES string of the molecule is COc1ccccc1Oc1cc(-c2cccc(C(=O)NC(C)(C)C)c2)ncn1. The molecule has 6 nitrogen and oxygen atoms in total. The maximum absolute atomic E-state index is 12.4.